The Balaban J connectivity index is 0. The van der Waals surface area contributed by atoms with Gasteiger partial charge in [-0.2, -0.15) is 0 Å². The summed E-state index contributed by atoms with van der Waals surface area (Å²) in [6.45, 7) is 15.4. The smallest absolute Gasteiger partial charge is 0.0823 e. The Kier molecular flexibility index (Phi) is 21.4. The molecule has 1 heterocycles. The third kappa shape index (κ3) is 12.3. The van der Waals surface area contributed by atoms with Crippen LogP contribution in [0.2, 0.25) is 0 Å². The van der Waals surface area contributed by atoms with Crippen LogP contribution in [0.25, 0.3) is 0 Å². The van der Waals surface area contributed by atoms with Crippen LogP contribution in [0.1, 0.15) is 104 Å². The molecular formula is C34H45Cl3N3V-3. The Morgan fingerprint density at radius 1 is 0.512 bits per heavy atom. The number of pyridine rings is 1. The molecule has 0 fully saturated rings. The van der Waals surface area contributed by atoms with Gasteiger partial charge in [0.25, 0.3) is 0 Å². The van der Waals surface area contributed by atoms with Crippen molar-refractivity contribution in [2.75, 3.05) is 0 Å². The summed E-state index contributed by atoms with van der Waals surface area (Å²) in [5.41, 5.74) is 13.1. The second-order valence-electron chi connectivity index (χ2n) is 10.4. The molecule has 41 heavy (non-hydrogen) atoms. The van der Waals surface area contributed by atoms with Gasteiger partial charge in [-0.3, -0.25) is 9.98 Å². The first-order valence-corrected chi connectivity index (χ1v) is 14.2. The van der Waals surface area contributed by atoms with Crippen molar-refractivity contribution in [2.24, 2.45) is 9.98 Å². The van der Waals surface area contributed by atoms with Gasteiger partial charge in [0.15, 0.2) is 0 Å². The molecule has 2 aromatic carbocycles. The molecule has 0 bridgehead atoms. The Labute approximate surface area is 279 Å². The topological polar surface area (TPSA) is 37.6 Å². The number of hydrogen-bond acceptors (Lipinski definition) is 3. The number of aromatic nitrogens is 1. The molecule has 225 valence electrons. The molecule has 1 aromatic heterocycles. The van der Waals surface area contributed by atoms with Crippen molar-refractivity contribution in [1.82, 2.24) is 4.98 Å². The van der Waals surface area contributed by atoms with Crippen LogP contribution in [0, 0.1) is 20.8 Å². The van der Waals surface area contributed by atoms with Crippen molar-refractivity contribution in [1.29, 1.82) is 0 Å². The van der Waals surface area contributed by atoms with Crippen LogP contribution in [0.3, 0.4) is 0 Å². The van der Waals surface area contributed by atoms with Crippen LogP contribution in [0.15, 0.2) is 46.4 Å². The standard InChI is InChI=1S/C34H45N3.3ClH.V/c1-8-12-27-16-24(5)17-28(13-9-2)33(27)35-22-31-20-26(7)21-32(37-31)23-36-34-29(14-10-3)18-25(6)19-30(34)15-11-4;;;;/h16-23H,8-15H2,1-7H3;3*1H;/p-3. The van der Waals surface area contributed by atoms with Gasteiger partial charge in [0.2, 0.25) is 0 Å². The van der Waals surface area contributed by atoms with Crippen LogP contribution in [0.4, 0.5) is 11.4 Å². The first-order chi connectivity index (χ1) is 17.9. The van der Waals surface area contributed by atoms with E-state index < -0.39 is 0 Å². The molecule has 0 spiro atoms. The summed E-state index contributed by atoms with van der Waals surface area (Å²) < 4.78 is 0. The fraction of sp³-hybridized carbons (Fsp3) is 0.441. The van der Waals surface area contributed by atoms with Gasteiger partial charge in [-0.15, -0.1) is 0 Å². The minimum Gasteiger partial charge on any atom is -1.00 e. The van der Waals surface area contributed by atoms with Crippen molar-refractivity contribution < 1.29 is 55.8 Å². The van der Waals surface area contributed by atoms with Crippen LogP contribution in [-0.2, 0) is 44.2 Å². The number of hydrogen-bond donors (Lipinski definition) is 0. The van der Waals surface area contributed by atoms with Crippen LogP contribution in [0.5, 0.6) is 0 Å². The summed E-state index contributed by atoms with van der Waals surface area (Å²) in [4.78, 5) is 14.9. The fourth-order valence-corrected chi connectivity index (χ4v) is 5.16. The maximum Gasteiger partial charge on any atom is 0.0823 e. The summed E-state index contributed by atoms with van der Waals surface area (Å²) >= 11 is 0. The van der Waals surface area contributed by atoms with Crippen molar-refractivity contribution in [3.8, 4) is 0 Å². The SMILES string of the molecule is CCCc1cc(C)cc(CCC)c1N=Cc1cc(C)cc(C=Nc2c(CCC)cc(C)cc2CCC)n1.[Cl-].[Cl-].[Cl-].[V]. The molecule has 3 rings (SSSR count). The third-order valence-corrected chi connectivity index (χ3v) is 6.56. The summed E-state index contributed by atoms with van der Waals surface area (Å²) in [7, 11) is 0. The number of nitrogens with zero attached hydrogens (tertiary/aromatic N) is 3. The Morgan fingerprint density at radius 3 is 1.05 bits per heavy atom. The summed E-state index contributed by atoms with van der Waals surface area (Å²) in [5.74, 6) is 0. The van der Waals surface area contributed by atoms with Gasteiger partial charge in [0.05, 0.1) is 35.2 Å². The molecule has 0 atom stereocenters. The van der Waals surface area contributed by atoms with Gasteiger partial charge >= 0.3 is 0 Å². The minimum absolute atomic E-state index is 0. The van der Waals surface area contributed by atoms with E-state index in [1.165, 1.54) is 33.4 Å². The first-order valence-electron chi connectivity index (χ1n) is 14.2. The Bertz CT molecular complexity index is 1120. The molecule has 0 saturated carbocycles. The third-order valence-electron chi connectivity index (χ3n) is 6.56. The van der Waals surface area contributed by atoms with E-state index in [1.807, 2.05) is 12.4 Å². The molecule has 0 unspecified atom stereocenters. The van der Waals surface area contributed by atoms with E-state index in [1.54, 1.807) is 0 Å². The average Bonchev–Trinajstić information content (AvgIpc) is 2.83. The van der Waals surface area contributed by atoms with E-state index in [-0.39, 0.29) is 55.8 Å². The molecule has 1 radical (unpaired) electrons. The van der Waals surface area contributed by atoms with Crippen molar-refractivity contribution >= 4 is 23.8 Å². The zero-order chi connectivity index (χ0) is 26.8. The van der Waals surface area contributed by atoms with Gasteiger partial charge in [-0.1, -0.05) is 88.8 Å². The molecule has 0 aliphatic rings. The van der Waals surface area contributed by atoms with Gasteiger partial charge in [-0.25, -0.2) is 4.98 Å². The molecule has 0 N–H and O–H groups in total. The predicted molar refractivity (Wildman–Crippen MR) is 162 cm³/mol. The molecule has 0 aliphatic carbocycles. The predicted octanol–water partition coefficient (Wildman–Crippen LogP) is 0.328. The molecule has 0 amide bonds. The molecule has 7 heteroatoms. The number of halogens is 3. The van der Waals surface area contributed by atoms with E-state index in [4.69, 9.17) is 15.0 Å². The average molecular weight is 653 g/mol. The second kappa shape index (κ2) is 21.1. The van der Waals surface area contributed by atoms with E-state index >= 15 is 0 Å². The van der Waals surface area contributed by atoms with Gasteiger partial charge in [-0.05, 0) is 86.4 Å². The van der Waals surface area contributed by atoms with E-state index in [9.17, 15) is 0 Å². The molecular weight excluding hydrogens is 608 g/mol. The normalized spacial score (nSPS) is 10.6. The van der Waals surface area contributed by atoms with E-state index in [2.05, 4.69) is 84.9 Å². The Morgan fingerprint density at radius 2 is 0.780 bits per heavy atom. The fourth-order valence-electron chi connectivity index (χ4n) is 5.16. The van der Waals surface area contributed by atoms with Crippen molar-refractivity contribution in [2.45, 2.75) is 99.8 Å². The molecule has 0 aliphatic heterocycles. The maximum absolute atomic E-state index is 5.01. The number of aliphatic imine (C=N–C) groups is 2. The number of aryl methyl sites for hydroxylation is 7. The molecule has 3 nitrogen and oxygen atoms in total. The summed E-state index contributed by atoms with van der Waals surface area (Å²) in [6, 6.07) is 13.4. The van der Waals surface area contributed by atoms with Crippen molar-refractivity contribution in [3.63, 3.8) is 0 Å². The monoisotopic (exact) mass is 651 g/mol. The summed E-state index contributed by atoms with van der Waals surface area (Å²) in [5, 5.41) is 0. The zero-order valence-corrected chi connectivity index (χ0v) is 29.4. The van der Waals surface area contributed by atoms with Crippen LogP contribution in [-0.4, -0.2) is 17.4 Å². The Hall–Kier alpha value is -1.62. The molecule has 0 saturated heterocycles. The quantitative estimate of drug-likeness (QED) is 0.260. The van der Waals surface area contributed by atoms with Crippen LogP contribution >= 0.6 is 0 Å². The second-order valence-corrected chi connectivity index (χ2v) is 10.4. The summed E-state index contributed by atoms with van der Waals surface area (Å²) in [6.07, 6.45) is 12.5. The first kappa shape index (κ1) is 41.5. The zero-order valence-electron chi connectivity index (χ0n) is 25.7. The van der Waals surface area contributed by atoms with E-state index in [0.717, 1.165) is 79.7 Å². The minimum atomic E-state index is 0. The number of rotatable bonds is 12. The maximum atomic E-state index is 5.01. The number of benzene rings is 2. The van der Waals surface area contributed by atoms with Crippen molar-refractivity contribution in [3.05, 3.63) is 86.7 Å². The van der Waals surface area contributed by atoms with Gasteiger partial charge < -0.3 is 37.2 Å². The largest absolute Gasteiger partial charge is 1.00 e. The van der Waals surface area contributed by atoms with Crippen LogP contribution < -0.4 is 37.2 Å². The molecule has 3 aromatic rings. The van der Waals surface area contributed by atoms with Gasteiger partial charge in [0, 0.05) is 18.6 Å². The van der Waals surface area contributed by atoms with E-state index in [0.29, 0.717) is 0 Å². The van der Waals surface area contributed by atoms with Gasteiger partial charge in [0.1, 0.15) is 0 Å².